The predicted molar refractivity (Wildman–Crippen MR) is 123 cm³/mol. The first kappa shape index (κ1) is 20.2. The summed E-state index contributed by atoms with van der Waals surface area (Å²) in [5.74, 6) is -0.0472. The zero-order chi connectivity index (χ0) is 21.5. The van der Waals surface area contributed by atoms with E-state index in [2.05, 4.69) is 4.98 Å². The maximum Gasteiger partial charge on any atom is 0.274 e. The lowest BCUT2D eigenvalue weighted by Gasteiger charge is -2.31. The fraction of sp³-hybridized carbons (Fsp3) is 0.238. The minimum absolute atomic E-state index is 0.00607. The van der Waals surface area contributed by atoms with E-state index < -0.39 is 4.92 Å². The number of nitro benzene ring substituents is 1. The molecule has 0 unspecified atom stereocenters. The topological polar surface area (TPSA) is 85.6 Å². The van der Waals surface area contributed by atoms with Crippen molar-refractivity contribution < 1.29 is 14.5 Å². The van der Waals surface area contributed by atoms with Crippen LogP contribution in [0, 0.1) is 10.1 Å². The fourth-order valence-corrected chi connectivity index (χ4v) is 5.86. The third kappa shape index (κ3) is 3.96. The molecule has 158 valence electrons. The van der Waals surface area contributed by atoms with Crippen LogP contribution in [0.4, 0.5) is 5.69 Å². The smallest absolute Gasteiger partial charge is 0.274 e. The number of hydrogen-bond acceptors (Lipinski definition) is 7. The van der Waals surface area contributed by atoms with Crippen LogP contribution in [0.25, 0.3) is 20.3 Å². The normalized spacial score (nSPS) is 14.9. The lowest BCUT2D eigenvalue weighted by molar-refractivity contribution is -0.384. The number of hydrogen-bond donors (Lipinski definition) is 0. The number of benzene rings is 2. The summed E-state index contributed by atoms with van der Waals surface area (Å²) in [5.41, 5.74) is 0.778. The molecule has 1 amide bonds. The Labute approximate surface area is 190 Å². The van der Waals surface area contributed by atoms with E-state index in [9.17, 15) is 14.9 Å². The van der Waals surface area contributed by atoms with Crippen molar-refractivity contribution in [1.29, 1.82) is 0 Å². The molecule has 31 heavy (non-hydrogen) atoms. The van der Waals surface area contributed by atoms with Crippen LogP contribution in [0.2, 0.25) is 5.02 Å². The number of thiazole rings is 1. The van der Waals surface area contributed by atoms with Gasteiger partial charge in [-0.3, -0.25) is 14.9 Å². The Morgan fingerprint density at radius 1 is 1.16 bits per heavy atom. The molecular weight excluding hydrogens is 458 g/mol. The van der Waals surface area contributed by atoms with Crippen LogP contribution >= 0.6 is 34.3 Å². The lowest BCUT2D eigenvalue weighted by Crippen LogP contribution is -2.41. The molecule has 0 bridgehead atoms. The summed E-state index contributed by atoms with van der Waals surface area (Å²) >= 11 is 9.02. The standard InChI is InChI=1S/C21H16ClN3O4S2/c22-15-2-1-3-17-19(15)23-21(31-17)29-14-6-8-24(9-7-14)20(26)18-11-12-10-13(25(27)28)4-5-16(12)30-18/h1-5,10-11,14H,6-9H2. The van der Waals surface area contributed by atoms with Gasteiger partial charge in [0.1, 0.15) is 11.6 Å². The predicted octanol–water partition coefficient (Wildman–Crippen LogP) is 5.76. The van der Waals surface area contributed by atoms with Crippen molar-refractivity contribution in [3.8, 4) is 5.19 Å². The quantitative estimate of drug-likeness (QED) is 0.278. The summed E-state index contributed by atoms with van der Waals surface area (Å²) in [5, 5.41) is 12.9. The first-order valence-electron chi connectivity index (χ1n) is 9.67. The number of halogens is 1. The number of para-hydroxylation sites is 1. The molecule has 1 aliphatic rings. The summed E-state index contributed by atoms with van der Waals surface area (Å²) in [6.45, 7) is 1.17. The van der Waals surface area contributed by atoms with E-state index in [0.29, 0.717) is 41.0 Å². The highest BCUT2D eigenvalue weighted by Gasteiger charge is 2.26. The Morgan fingerprint density at radius 3 is 2.71 bits per heavy atom. The molecule has 0 saturated carbocycles. The largest absolute Gasteiger partial charge is 0.467 e. The number of piperidine rings is 1. The van der Waals surface area contributed by atoms with Crippen molar-refractivity contribution in [2.45, 2.75) is 18.9 Å². The second kappa shape index (κ2) is 8.07. The second-order valence-corrected chi connectivity index (χ2v) is 9.75. The highest BCUT2D eigenvalue weighted by molar-refractivity contribution is 7.21. The minimum Gasteiger partial charge on any atom is -0.467 e. The Morgan fingerprint density at radius 2 is 1.97 bits per heavy atom. The molecule has 0 aliphatic carbocycles. The third-order valence-electron chi connectivity index (χ3n) is 5.27. The van der Waals surface area contributed by atoms with Gasteiger partial charge in [-0.2, -0.15) is 0 Å². The van der Waals surface area contributed by atoms with E-state index in [0.717, 1.165) is 20.3 Å². The molecule has 10 heteroatoms. The summed E-state index contributed by atoms with van der Waals surface area (Å²) < 4.78 is 7.91. The summed E-state index contributed by atoms with van der Waals surface area (Å²) in [6, 6.07) is 12.1. The van der Waals surface area contributed by atoms with Crippen LogP contribution in [-0.2, 0) is 0 Å². The monoisotopic (exact) mass is 473 g/mol. The summed E-state index contributed by atoms with van der Waals surface area (Å²) in [4.78, 5) is 30.4. The SMILES string of the molecule is O=C(c1cc2cc([N+](=O)[O-])ccc2s1)N1CCC(Oc2nc3c(Cl)cccc3s2)CC1. The minimum atomic E-state index is -0.428. The van der Waals surface area contributed by atoms with E-state index >= 15 is 0 Å². The molecule has 0 spiro atoms. The van der Waals surface area contributed by atoms with Gasteiger partial charge in [-0.15, -0.1) is 11.3 Å². The number of likely N-dealkylation sites (tertiary alicyclic amines) is 1. The molecule has 1 saturated heterocycles. The van der Waals surface area contributed by atoms with Gasteiger partial charge in [0.15, 0.2) is 0 Å². The molecule has 0 N–H and O–H groups in total. The van der Waals surface area contributed by atoms with Gasteiger partial charge in [-0.05, 0) is 24.3 Å². The van der Waals surface area contributed by atoms with Crippen LogP contribution in [-0.4, -0.2) is 39.9 Å². The average Bonchev–Trinajstić information content (AvgIpc) is 3.37. The van der Waals surface area contributed by atoms with Gasteiger partial charge in [-0.1, -0.05) is 29.0 Å². The van der Waals surface area contributed by atoms with Crippen LogP contribution in [0.5, 0.6) is 5.19 Å². The maximum atomic E-state index is 12.9. The van der Waals surface area contributed by atoms with Crippen molar-refractivity contribution in [2.75, 3.05) is 13.1 Å². The number of non-ortho nitro benzene ring substituents is 1. The second-order valence-electron chi connectivity index (χ2n) is 7.27. The van der Waals surface area contributed by atoms with Gasteiger partial charge in [0, 0.05) is 48.2 Å². The number of amides is 1. The highest BCUT2D eigenvalue weighted by Crippen LogP contribution is 2.34. The molecule has 1 aliphatic heterocycles. The molecule has 7 nitrogen and oxygen atoms in total. The summed E-state index contributed by atoms with van der Waals surface area (Å²) in [6.07, 6.45) is 1.42. The van der Waals surface area contributed by atoms with Gasteiger partial charge in [0.25, 0.3) is 16.8 Å². The average molecular weight is 474 g/mol. The highest BCUT2D eigenvalue weighted by atomic mass is 35.5. The number of thiophene rings is 1. The van der Waals surface area contributed by atoms with Gasteiger partial charge in [0.05, 0.1) is 19.5 Å². The Balaban J connectivity index is 1.24. The first-order chi connectivity index (χ1) is 15.0. The molecule has 4 aromatic rings. The fourth-order valence-electron chi connectivity index (χ4n) is 3.67. The molecule has 3 heterocycles. The van der Waals surface area contributed by atoms with Crippen LogP contribution in [0.3, 0.4) is 0 Å². The molecular formula is C21H16ClN3O4S2. The van der Waals surface area contributed by atoms with Crippen molar-refractivity contribution in [3.05, 3.63) is 62.5 Å². The molecule has 1 fully saturated rings. The van der Waals surface area contributed by atoms with E-state index in [1.165, 1.54) is 34.8 Å². The molecule has 5 rings (SSSR count). The number of carbonyl (C=O) groups excluding carboxylic acids is 1. The van der Waals surface area contributed by atoms with E-state index in [1.54, 1.807) is 12.1 Å². The van der Waals surface area contributed by atoms with Crippen molar-refractivity contribution in [2.24, 2.45) is 0 Å². The van der Waals surface area contributed by atoms with E-state index in [4.69, 9.17) is 16.3 Å². The van der Waals surface area contributed by atoms with Gasteiger partial charge < -0.3 is 9.64 Å². The molecule has 2 aromatic carbocycles. The van der Waals surface area contributed by atoms with Crippen LogP contribution in [0.15, 0.2) is 42.5 Å². The number of nitrogens with zero attached hydrogens (tertiary/aromatic N) is 3. The van der Waals surface area contributed by atoms with Crippen molar-refractivity contribution >= 4 is 66.2 Å². The first-order valence-corrected chi connectivity index (χ1v) is 11.7. The Kier molecular flexibility index (Phi) is 5.25. The molecule has 0 atom stereocenters. The van der Waals surface area contributed by atoms with Crippen LogP contribution < -0.4 is 4.74 Å². The molecule has 2 aromatic heterocycles. The zero-order valence-corrected chi connectivity index (χ0v) is 18.5. The number of ether oxygens (including phenoxy) is 1. The summed E-state index contributed by atoms with van der Waals surface area (Å²) in [7, 11) is 0. The van der Waals surface area contributed by atoms with E-state index in [-0.39, 0.29) is 17.7 Å². The lowest BCUT2D eigenvalue weighted by atomic mass is 10.1. The third-order valence-corrected chi connectivity index (χ3v) is 7.59. The van der Waals surface area contributed by atoms with Gasteiger partial charge in [-0.25, -0.2) is 4.98 Å². The molecule has 0 radical (unpaired) electrons. The number of rotatable bonds is 4. The van der Waals surface area contributed by atoms with Crippen molar-refractivity contribution in [1.82, 2.24) is 9.88 Å². The van der Waals surface area contributed by atoms with Crippen molar-refractivity contribution in [3.63, 3.8) is 0 Å². The Bertz CT molecular complexity index is 1310. The number of carbonyl (C=O) groups is 1. The van der Waals surface area contributed by atoms with Gasteiger partial charge >= 0.3 is 0 Å². The Hall–Kier alpha value is -2.75. The van der Waals surface area contributed by atoms with Crippen LogP contribution in [0.1, 0.15) is 22.5 Å². The van der Waals surface area contributed by atoms with Gasteiger partial charge in [0.2, 0.25) is 0 Å². The number of fused-ring (bicyclic) bond motifs is 2. The number of nitro groups is 1. The zero-order valence-electron chi connectivity index (χ0n) is 16.1. The maximum absolute atomic E-state index is 12.9. The van der Waals surface area contributed by atoms with E-state index in [1.807, 2.05) is 23.1 Å². The number of aromatic nitrogens is 1.